The maximum atomic E-state index is 12.5. The van der Waals surface area contributed by atoms with E-state index < -0.39 is 26.1 Å². The van der Waals surface area contributed by atoms with Crippen LogP contribution >= 0.6 is 0 Å². The van der Waals surface area contributed by atoms with Crippen molar-refractivity contribution < 1.29 is 26.5 Å². The molecule has 0 saturated carbocycles. The summed E-state index contributed by atoms with van der Waals surface area (Å²) in [5.41, 5.74) is 1.12. The highest BCUT2D eigenvalue weighted by atomic mass is 32.2. The lowest BCUT2D eigenvalue weighted by atomic mass is 10.1. The van der Waals surface area contributed by atoms with Gasteiger partial charge in [0, 0.05) is 19.8 Å². The highest BCUT2D eigenvalue weighted by Crippen LogP contribution is 2.22. The van der Waals surface area contributed by atoms with Gasteiger partial charge >= 0.3 is 6.03 Å². The molecule has 1 unspecified atom stereocenters. The summed E-state index contributed by atoms with van der Waals surface area (Å²) in [5.74, 6) is 0. The van der Waals surface area contributed by atoms with E-state index in [0.717, 1.165) is 4.47 Å². The van der Waals surface area contributed by atoms with E-state index in [4.69, 9.17) is 9.98 Å². The number of primary sulfonamides is 1. The fourth-order valence-electron chi connectivity index (χ4n) is 2.50. The molecule has 0 radical (unpaired) electrons. The van der Waals surface area contributed by atoms with E-state index in [0.29, 0.717) is 11.3 Å². The number of hydroxylamine groups is 1. The van der Waals surface area contributed by atoms with Gasteiger partial charge in [0.05, 0.1) is 22.9 Å². The van der Waals surface area contributed by atoms with Crippen LogP contribution in [0.25, 0.3) is 0 Å². The van der Waals surface area contributed by atoms with Crippen LogP contribution in [-0.2, 0) is 24.9 Å². The van der Waals surface area contributed by atoms with Crippen molar-refractivity contribution in [1.82, 2.24) is 9.37 Å². The molecular formula is C18H24N4O6S2. The van der Waals surface area contributed by atoms with E-state index in [-0.39, 0.29) is 15.8 Å². The average Bonchev–Trinajstić information content (AvgIpc) is 2.71. The van der Waals surface area contributed by atoms with Gasteiger partial charge in [0.25, 0.3) is 10.0 Å². The predicted octanol–water partition coefficient (Wildman–Crippen LogP) is 1.74. The van der Waals surface area contributed by atoms with Crippen LogP contribution in [0.1, 0.15) is 18.5 Å². The van der Waals surface area contributed by atoms with E-state index in [9.17, 15) is 21.6 Å². The summed E-state index contributed by atoms with van der Waals surface area (Å²) in [6, 6.07) is 10.8. The van der Waals surface area contributed by atoms with Gasteiger partial charge in [0.1, 0.15) is 0 Å². The van der Waals surface area contributed by atoms with E-state index >= 15 is 0 Å². The Labute approximate surface area is 176 Å². The maximum absolute atomic E-state index is 12.5. The normalized spacial score (nSPS) is 13.1. The quantitative estimate of drug-likeness (QED) is 0.609. The molecule has 0 aliphatic heterocycles. The first kappa shape index (κ1) is 23.8. The summed E-state index contributed by atoms with van der Waals surface area (Å²) in [6.07, 6.45) is 0. The lowest BCUT2D eigenvalue weighted by Gasteiger charge is -2.25. The minimum absolute atomic E-state index is 0.0142. The first-order valence-corrected chi connectivity index (χ1v) is 11.7. The number of hydrogen-bond acceptors (Lipinski definition) is 6. The van der Waals surface area contributed by atoms with Crippen LogP contribution in [0.4, 0.5) is 10.5 Å². The van der Waals surface area contributed by atoms with Crippen molar-refractivity contribution in [2.75, 3.05) is 26.5 Å². The van der Waals surface area contributed by atoms with Crippen LogP contribution in [0.5, 0.6) is 0 Å². The van der Waals surface area contributed by atoms with Gasteiger partial charge in [-0.1, -0.05) is 16.6 Å². The maximum Gasteiger partial charge on any atom is 0.322 e. The number of nitrogens with one attached hydrogen (secondary N) is 1. The molecular weight excluding hydrogens is 432 g/mol. The zero-order valence-corrected chi connectivity index (χ0v) is 18.6. The number of hydrogen-bond donors (Lipinski definition) is 2. The second-order valence-corrected chi connectivity index (χ2v) is 9.95. The Hall–Kier alpha value is -2.51. The average molecular weight is 457 g/mol. The minimum Gasteiger partial charge on any atom is -0.321 e. The summed E-state index contributed by atoms with van der Waals surface area (Å²) in [7, 11) is -3.47. The van der Waals surface area contributed by atoms with Crippen molar-refractivity contribution in [2.45, 2.75) is 22.8 Å². The Morgan fingerprint density at radius 1 is 0.967 bits per heavy atom. The molecule has 10 nitrogen and oxygen atoms in total. The smallest absolute Gasteiger partial charge is 0.321 e. The van der Waals surface area contributed by atoms with Crippen molar-refractivity contribution >= 4 is 31.8 Å². The minimum atomic E-state index is -3.79. The third-order valence-electron chi connectivity index (χ3n) is 4.59. The molecule has 1 atom stereocenters. The first-order chi connectivity index (χ1) is 13.9. The molecule has 0 bridgehead atoms. The van der Waals surface area contributed by atoms with Gasteiger partial charge in [-0.15, -0.1) is 0 Å². The van der Waals surface area contributed by atoms with Crippen LogP contribution in [0.2, 0.25) is 0 Å². The molecule has 2 amide bonds. The lowest BCUT2D eigenvalue weighted by Crippen LogP contribution is -2.33. The summed E-state index contributed by atoms with van der Waals surface area (Å²) in [5, 5.41) is 7.77. The van der Waals surface area contributed by atoms with Crippen molar-refractivity contribution in [1.29, 1.82) is 0 Å². The number of nitrogens with zero attached hydrogens (tertiary/aromatic N) is 2. The number of urea groups is 1. The van der Waals surface area contributed by atoms with Crippen LogP contribution in [0.3, 0.4) is 0 Å². The molecule has 0 aliphatic carbocycles. The number of benzene rings is 2. The van der Waals surface area contributed by atoms with E-state index in [2.05, 4.69) is 5.32 Å². The topological polar surface area (TPSA) is 139 Å². The molecule has 0 aromatic heterocycles. The number of sulfonamides is 2. The second kappa shape index (κ2) is 9.10. The molecule has 30 heavy (non-hydrogen) atoms. The Morgan fingerprint density at radius 2 is 1.47 bits per heavy atom. The number of anilines is 1. The molecule has 0 saturated heterocycles. The predicted molar refractivity (Wildman–Crippen MR) is 111 cm³/mol. The number of rotatable bonds is 7. The second-order valence-electron chi connectivity index (χ2n) is 6.45. The molecule has 2 aromatic carbocycles. The number of carbonyl (C=O) groups excluding carboxylic acids is 1. The number of amides is 2. The molecule has 2 aromatic rings. The first-order valence-electron chi connectivity index (χ1n) is 8.67. The van der Waals surface area contributed by atoms with Crippen molar-refractivity contribution in [3.8, 4) is 0 Å². The summed E-state index contributed by atoms with van der Waals surface area (Å²) in [4.78, 5) is 18.7. The standard InChI is InChI=1S/C18H24N4O6S2/c1-13(14-5-9-16(10-6-14)29(19,24)25)21(2)18(23)20-15-7-11-17(12-8-15)30(26,27)22(3)28-4/h5-13H,1-4H3,(H,20,23)(H2,19,24,25). The Balaban J connectivity index is 2.10. The van der Waals surface area contributed by atoms with Crippen LogP contribution in [0.15, 0.2) is 58.3 Å². The summed E-state index contributed by atoms with van der Waals surface area (Å²) < 4.78 is 47.8. The Morgan fingerprint density at radius 3 is 1.93 bits per heavy atom. The van der Waals surface area contributed by atoms with E-state index in [1.54, 1.807) is 26.1 Å². The SMILES string of the molecule is CON(C)S(=O)(=O)c1ccc(NC(=O)N(C)C(C)c2ccc(S(N)(=O)=O)cc2)cc1. The van der Waals surface area contributed by atoms with Crippen molar-refractivity contribution in [2.24, 2.45) is 5.14 Å². The summed E-state index contributed by atoms with van der Waals surface area (Å²) in [6.45, 7) is 1.78. The molecule has 12 heteroatoms. The molecule has 0 fully saturated rings. The van der Waals surface area contributed by atoms with E-state index in [1.807, 2.05) is 0 Å². The molecule has 0 aliphatic rings. The number of nitrogens with two attached hydrogens (primary N) is 1. The fourth-order valence-corrected chi connectivity index (χ4v) is 3.99. The van der Waals surface area contributed by atoms with Gasteiger partial charge in [0.15, 0.2) is 0 Å². The third-order valence-corrected chi connectivity index (χ3v) is 7.21. The molecule has 0 heterocycles. The Bertz CT molecular complexity index is 1100. The van der Waals surface area contributed by atoms with Gasteiger partial charge in [-0.2, -0.15) is 0 Å². The van der Waals surface area contributed by atoms with Gasteiger partial charge < -0.3 is 10.2 Å². The van der Waals surface area contributed by atoms with Crippen molar-refractivity contribution in [3.05, 3.63) is 54.1 Å². The zero-order valence-electron chi connectivity index (χ0n) is 16.9. The van der Waals surface area contributed by atoms with Gasteiger partial charge in [0.2, 0.25) is 10.0 Å². The zero-order chi connectivity index (χ0) is 22.7. The monoisotopic (exact) mass is 456 g/mol. The van der Waals surface area contributed by atoms with Gasteiger partial charge in [-0.3, -0.25) is 4.84 Å². The van der Waals surface area contributed by atoms with Crippen LogP contribution in [-0.4, -0.2) is 53.4 Å². The summed E-state index contributed by atoms with van der Waals surface area (Å²) >= 11 is 0. The molecule has 0 spiro atoms. The largest absolute Gasteiger partial charge is 0.322 e. The van der Waals surface area contributed by atoms with Crippen molar-refractivity contribution in [3.63, 3.8) is 0 Å². The molecule has 164 valence electrons. The van der Waals surface area contributed by atoms with Crippen LogP contribution < -0.4 is 10.5 Å². The van der Waals surface area contributed by atoms with Crippen LogP contribution in [0, 0.1) is 0 Å². The molecule has 3 N–H and O–H groups in total. The highest BCUT2D eigenvalue weighted by Gasteiger charge is 2.21. The van der Waals surface area contributed by atoms with Gasteiger partial charge in [-0.05, 0) is 48.9 Å². The van der Waals surface area contributed by atoms with E-state index in [1.165, 1.54) is 55.5 Å². The van der Waals surface area contributed by atoms with Gasteiger partial charge in [-0.25, -0.2) is 26.8 Å². The Kier molecular flexibility index (Phi) is 7.21. The lowest BCUT2D eigenvalue weighted by molar-refractivity contribution is -0.0258. The third kappa shape index (κ3) is 5.34. The highest BCUT2D eigenvalue weighted by molar-refractivity contribution is 7.89. The number of carbonyl (C=O) groups is 1. The molecule has 2 rings (SSSR count). The fraction of sp³-hybridized carbons (Fsp3) is 0.278.